The SMILES string of the molecule is Cc1nc(CN(C)CC(O)CN2CCOCC2)nc2ccccc12. The lowest BCUT2D eigenvalue weighted by Gasteiger charge is -2.29. The van der Waals surface area contributed by atoms with Crippen molar-refractivity contribution in [1.29, 1.82) is 0 Å². The Balaban J connectivity index is 1.57. The van der Waals surface area contributed by atoms with Crippen LogP contribution in [0.1, 0.15) is 11.5 Å². The molecule has 1 N–H and O–H groups in total. The molecule has 130 valence electrons. The summed E-state index contributed by atoms with van der Waals surface area (Å²) in [6, 6.07) is 8.06. The van der Waals surface area contributed by atoms with E-state index in [1.165, 1.54) is 0 Å². The van der Waals surface area contributed by atoms with E-state index in [0.29, 0.717) is 19.6 Å². The smallest absolute Gasteiger partial charge is 0.143 e. The molecule has 1 aromatic heterocycles. The van der Waals surface area contributed by atoms with Gasteiger partial charge in [0.05, 0.1) is 31.4 Å². The number of hydrogen-bond donors (Lipinski definition) is 1. The molecule has 2 heterocycles. The Morgan fingerprint density at radius 2 is 2.00 bits per heavy atom. The molecule has 0 bridgehead atoms. The predicted octanol–water partition coefficient (Wildman–Crippen LogP) is 1.06. The van der Waals surface area contributed by atoms with Gasteiger partial charge in [0, 0.05) is 37.3 Å². The summed E-state index contributed by atoms with van der Waals surface area (Å²) < 4.78 is 5.34. The lowest BCUT2D eigenvalue weighted by molar-refractivity contribution is 0.00812. The van der Waals surface area contributed by atoms with Crippen LogP contribution in [0.3, 0.4) is 0 Å². The normalized spacial score (nSPS) is 17.5. The van der Waals surface area contributed by atoms with E-state index >= 15 is 0 Å². The Morgan fingerprint density at radius 1 is 1.25 bits per heavy atom. The molecule has 6 nitrogen and oxygen atoms in total. The number of aliphatic hydroxyl groups is 1. The van der Waals surface area contributed by atoms with Gasteiger partial charge in [-0.2, -0.15) is 0 Å². The van der Waals surface area contributed by atoms with Gasteiger partial charge in [0.1, 0.15) is 5.82 Å². The number of likely N-dealkylation sites (N-methyl/N-ethyl adjacent to an activating group) is 1. The highest BCUT2D eigenvalue weighted by atomic mass is 16.5. The Hall–Kier alpha value is -1.60. The zero-order chi connectivity index (χ0) is 16.9. The molecule has 0 radical (unpaired) electrons. The molecule has 1 fully saturated rings. The van der Waals surface area contributed by atoms with Crippen LogP contribution in [0.2, 0.25) is 0 Å². The zero-order valence-corrected chi connectivity index (χ0v) is 14.5. The van der Waals surface area contributed by atoms with Crippen molar-refractivity contribution in [2.75, 3.05) is 46.4 Å². The van der Waals surface area contributed by atoms with Gasteiger partial charge < -0.3 is 9.84 Å². The van der Waals surface area contributed by atoms with Gasteiger partial charge in [0.2, 0.25) is 0 Å². The highest BCUT2D eigenvalue weighted by Gasteiger charge is 2.17. The fraction of sp³-hybridized carbons (Fsp3) is 0.556. The summed E-state index contributed by atoms with van der Waals surface area (Å²) in [5, 5.41) is 11.4. The van der Waals surface area contributed by atoms with Gasteiger partial charge in [-0.1, -0.05) is 18.2 Å². The number of nitrogens with zero attached hydrogens (tertiary/aromatic N) is 4. The summed E-state index contributed by atoms with van der Waals surface area (Å²) in [7, 11) is 2.00. The van der Waals surface area contributed by atoms with Crippen molar-refractivity contribution in [3.05, 3.63) is 35.8 Å². The van der Waals surface area contributed by atoms with E-state index < -0.39 is 0 Å². The van der Waals surface area contributed by atoms with E-state index in [1.54, 1.807) is 0 Å². The fourth-order valence-electron chi connectivity index (χ4n) is 3.17. The number of β-amino-alcohol motifs (C(OH)–C–C–N with tert-alkyl or cyclic N) is 1. The van der Waals surface area contributed by atoms with Crippen molar-refractivity contribution >= 4 is 10.9 Å². The van der Waals surface area contributed by atoms with E-state index in [9.17, 15) is 5.11 Å². The first-order valence-electron chi connectivity index (χ1n) is 8.51. The number of aliphatic hydroxyl groups excluding tert-OH is 1. The van der Waals surface area contributed by atoms with Gasteiger partial charge in [-0.3, -0.25) is 9.80 Å². The van der Waals surface area contributed by atoms with Crippen LogP contribution in [0.15, 0.2) is 24.3 Å². The molecule has 6 heteroatoms. The maximum atomic E-state index is 10.3. The maximum Gasteiger partial charge on any atom is 0.143 e. The summed E-state index contributed by atoms with van der Waals surface area (Å²) in [6.07, 6.45) is -0.380. The van der Waals surface area contributed by atoms with E-state index in [1.807, 2.05) is 38.2 Å². The minimum Gasteiger partial charge on any atom is -0.390 e. The number of rotatable bonds is 6. The minimum absolute atomic E-state index is 0.380. The number of aryl methyl sites for hydroxylation is 1. The summed E-state index contributed by atoms with van der Waals surface area (Å²) in [5.74, 6) is 0.798. The Labute approximate surface area is 143 Å². The lowest BCUT2D eigenvalue weighted by atomic mass is 10.2. The molecule has 0 saturated carbocycles. The van der Waals surface area contributed by atoms with Crippen molar-refractivity contribution < 1.29 is 9.84 Å². The summed E-state index contributed by atoms with van der Waals surface area (Å²) in [5.41, 5.74) is 1.97. The van der Waals surface area contributed by atoms with Crippen molar-refractivity contribution in [3.63, 3.8) is 0 Å². The highest BCUT2D eigenvalue weighted by Crippen LogP contribution is 2.15. The number of aromatic nitrogens is 2. The van der Waals surface area contributed by atoms with Crippen LogP contribution >= 0.6 is 0 Å². The molecule has 1 unspecified atom stereocenters. The van der Waals surface area contributed by atoms with Crippen molar-refractivity contribution in [2.45, 2.75) is 19.6 Å². The van der Waals surface area contributed by atoms with E-state index in [0.717, 1.165) is 48.7 Å². The van der Waals surface area contributed by atoms with E-state index in [4.69, 9.17) is 4.74 Å². The van der Waals surface area contributed by atoms with Crippen LogP contribution in [-0.2, 0) is 11.3 Å². The van der Waals surface area contributed by atoms with Crippen molar-refractivity contribution in [3.8, 4) is 0 Å². The number of para-hydroxylation sites is 1. The molecule has 24 heavy (non-hydrogen) atoms. The lowest BCUT2D eigenvalue weighted by Crippen LogP contribution is -2.44. The quantitative estimate of drug-likeness (QED) is 0.855. The molecule has 1 atom stereocenters. The molecule has 2 aromatic rings. The number of morpholine rings is 1. The third-order valence-electron chi connectivity index (χ3n) is 4.35. The standard InChI is InChI=1S/C18H26N4O2/c1-14-16-5-3-4-6-17(16)20-18(19-14)13-21(2)11-15(23)12-22-7-9-24-10-8-22/h3-6,15,23H,7-13H2,1-2H3. The van der Waals surface area contributed by atoms with Crippen molar-refractivity contribution in [2.24, 2.45) is 0 Å². The monoisotopic (exact) mass is 330 g/mol. The number of hydrogen-bond acceptors (Lipinski definition) is 6. The maximum absolute atomic E-state index is 10.3. The number of fused-ring (bicyclic) bond motifs is 1. The van der Waals surface area contributed by atoms with Crippen LogP contribution in [0, 0.1) is 6.92 Å². The second-order valence-electron chi connectivity index (χ2n) is 6.51. The summed E-state index contributed by atoms with van der Waals surface area (Å²) >= 11 is 0. The van der Waals surface area contributed by atoms with Gasteiger partial charge in [-0.05, 0) is 20.0 Å². The first-order chi connectivity index (χ1) is 11.6. The first kappa shape index (κ1) is 17.2. The van der Waals surface area contributed by atoms with Crippen LogP contribution in [-0.4, -0.2) is 77.4 Å². The van der Waals surface area contributed by atoms with Crippen molar-refractivity contribution in [1.82, 2.24) is 19.8 Å². The summed E-state index contributed by atoms with van der Waals surface area (Å²) in [6.45, 7) is 7.24. The third-order valence-corrected chi connectivity index (χ3v) is 4.35. The first-order valence-corrected chi connectivity index (χ1v) is 8.51. The Kier molecular flexibility index (Phi) is 5.73. The molecule has 1 saturated heterocycles. The molecule has 0 spiro atoms. The second-order valence-corrected chi connectivity index (χ2v) is 6.51. The molecule has 1 aliphatic heterocycles. The van der Waals surface area contributed by atoms with E-state index in [2.05, 4.69) is 19.8 Å². The number of ether oxygens (including phenoxy) is 1. The molecular formula is C18H26N4O2. The van der Waals surface area contributed by atoms with Crippen LogP contribution in [0.4, 0.5) is 0 Å². The van der Waals surface area contributed by atoms with Gasteiger partial charge >= 0.3 is 0 Å². The predicted molar refractivity (Wildman–Crippen MR) is 93.9 cm³/mol. The van der Waals surface area contributed by atoms with Gasteiger partial charge in [0.15, 0.2) is 0 Å². The minimum atomic E-state index is -0.380. The highest BCUT2D eigenvalue weighted by molar-refractivity contribution is 5.80. The summed E-state index contributed by atoms with van der Waals surface area (Å²) in [4.78, 5) is 13.6. The van der Waals surface area contributed by atoms with Gasteiger partial charge in [0.25, 0.3) is 0 Å². The molecule has 0 aliphatic carbocycles. The molecular weight excluding hydrogens is 304 g/mol. The van der Waals surface area contributed by atoms with Crippen LogP contribution < -0.4 is 0 Å². The molecule has 3 rings (SSSR count). The average molecular weight is 330 g/mol. The second kappa shape index (κ2) is 7.98. The van der Waals surface area contributed by atoms with Gasteiger partial charge in [-0.15, -0.1) is 0 Å². The van der Waals surface area contributed by atoms with E-state index in [-0.39, 0.29) is 6.10 Å². The van der Waals surface area contributed by atoms with Crippen LogP contribution in [0.25, 0.3) is 10.9 Å². The average Bonchev–Trinajstić information content (AvgIpc) is 2.55. The van der Waals surface area contributed by atoms with Crippen LogP contribution in [0.5, 0.6) is 0 Å². The third kappa shape index (κ3) is 4.48. The zero-order valence-electron chi connectivity index (χ0n) is 14.5. The fourth-order valence-corrected chi connectivity index (χ4v) is 3.17. The largest absolute Gasteiger partial charge is 0.390 e. The molecule has 0 amide bonds. The Morgan fingerprint density at radius 3 is 2.79 bits per heavy atom. The Bertz CT molecular complexity index is 673. The number of benzene rings is 1. The van der Waals surface area contributed by atoms with Gasteiger partial charge in [-0.25, -0.2) is 9.97 Å². The topological polar surface area (TPSA) is 61.7 Å². The molecule has 1 aromatic carbocycles. The molecule has 1 aliphatic rings.